The van der Waals surface area contributed by atoms with E-state index in [0.29, 0.717) is 10.9 Å². The minimum Gasteiger partial charge on any atom is -0.271 e. The van der Waals surface area contributed by atoms with Crippen LogP contribution in [-0.4, -0.2) is 9.78 Å². The maximum absolute atomic E-state index is 6.22. The monoisotopic (exact) mass is 272 g/mol. The molecule has 0 aliphatic carbocycles. The Hall–Kier alpha value is -0.580. The fourth-order valence-electron chi connectivity index (χ4n) is 1.94. The first-order chi connectivity index (χ1) is 8.31. The fourth-order valence-corrected chi connectivity index (χ4v) is 2.21. The first kappa shape index (κ1) is 15.5. The number of aromatic nitrogens is 2. The third kappa shape index (κ3) is 3.46. The lowest BCUT2D eigenvalue weighted by atomic mass is 9.78. The molecule has 1 aromatic rings. The van der Waals surface area contributed by atoms with Crippen LogP contribution in [-0.2, 0) is 6.54 Å². The smallest absolute Gasteiger partial charge is 0.0834 e. The number of nitrogens with zero attached hydrogens (tertiary/aromatic N) is 2. The summed E-state index contributed by atoms with van der Waals surface area (Å²) < 4.78 is 1.90. The van der Waals surface area contributed by atoms with Crippen molar-refractivity contribution < 1.29 is 0 Å². The van der Waals surface area contributed by atoms with Gasteiger partial charge in [0.1, 0.15) is 0 Å². The van der Waals surface area contributed by atoms with Crippen LogP contribution in [0.1, 0.15) is 52.8 Å². The van der Waals surface area contributed by atoms with Crippen LogP contribution in [0.15, 0.2) is 6.20 Å². The van der Waals surface area contributed by atoms with Gasteiger partial charge >= 0.3 is 0 Å². The SMILES string of the molecule is CCn1ncc(Cl)c1C(CC(C)C(C)(C)C)NN. The normalized spacial score (nSPS) is 15.7. The first-order valence-electron chi connectivity index (χ1n) is 6.48. The molecule has 0 spiro atoms. The Morgan fingerprint density at radius 1 is 1.50 bits per heavy atom. The molecule has 0 aliphatic rings. The number of hydrazine groups is 1. The number of nitrogens with two attached hydrogens (primary N) is 1. The molecule has 2 unspecified atom stereocenters. The van der Waals surface area contributed by atoms with Gasteiger partial charge in [0, 0.05) is 6.54 Å². The summed E-state index contributed by atoms with van der Waals surface area (Å²) in [7, 11) is 0. The lowest BCUT2D eigenvalue weighted by Crippen LogP contribution is -2.33. The number of rotatable bonds is 5. The summed E-state index contributed by atoms with van der Waals surface area (Å²) in [4.78, 5) is 0. The zero-order valence-corrected chi connectivity index (χ0v) is 12.8. The lowest BCUT2D eigenvalue weighted by molar-refractivity contribution is 0.220. The van der Waals surface area contributed by atoms with Crippen LogP contribution in [0.4, 0.5) is 0 Å². The lowest BCUT2D eigenvalue weighted by Gasteiger charge is -2.30. The van der Waals surface area contributed by atoms with Gasteiger partial charge in [0.2, 0.25) is 0 Å². The Balaban J connectivity index is 2.93. The van der Waals surface area contributed by atoms with Crippen molar-refractivity contribution in [2.45, 2.75) is 53.6 Å². The van der Waals surface area contributed by atoms with Gasteiger partial charge < -0.3 is 0 Å². The van der Waals surface area contributed by atoms with Crippen molar-refractivity contribution in [2.75, 3.05) is 0 Å². The molecule has 0 radical (unpaired) electrons. The van der Waals surface area contributed by atoms with Gasteiger partial charge in [0.25, 0.3) is 0 Å². The molecule has 104 valence electrons. The van der Waals surface area contributed by atoms with Gasteiger partial charge in [-0.15, -0.1) is 0 Å². The van der Waals surface area contributed by atoms with E-state index in [9.17, 15) is 0 Å². The fraction of sp³-hybridized carbons (Fsp3) is 0.769. The van der Waals surface area contributed by atoms with E-state index in [4.69, 9.17) is 17.4 Å². The van der Waals surface area contributed by atoms with Crippen LogP contribution in [0.2, 0.25) is 5.02 Å². The minimum atomic E-state index is 0.0363. The summed E-state index contributed by atoms with van der Waals surface area (Å²) in [6.07, 6.45) is 2.62. The third-order valence-corrected chi connectivity index (χ3v) is 4.02. The number of halogens is 1. The summed E-state index contributed by atoms with van der Waals surface area (Å²) >= 11 is 6.22. The van der Waals surface area contributed by atoms with E-state index in [2.05, 4.69) is 38.2 Å². The summed E-state index contributed by atoms with van der Waals surface area (Å²) in [5, 5.41) is 4.94. The van der Waals surface area contributed by atoms with Crippen molar-refractivity contribution in [3.63, 3.8) is 0 Å². The predicted molar refractivity (Wildman–Crippen MR) is 76.2 cm³/mol. The van der Waals surface area contributed by atoms with Crippen molar-refractivity contribution in [2.24, 2.45) is 17.2 Å². The quantitative estimate of drug-likeness (QED) is 0.640. The van der Waals surface area contributed by atoms with Gasteiger partial charge in [-0.05, 0) is 24.7 Å². The van der Waals surface area contributed by atoms with Gasteiger partial charge in [-0.2, -0.15) is 5.10 Å². The van der Waals surface area contributed by atoms with Crippen molar-refractivity contribution in [1.82, 2.24) is 15.2 Å². The third-order valence-electron chi connectivity index (χ3n) is 3.73. The van der Waals surface area contributed by atoms with Crippen molar-refractivity contribution >= 4 is 11.6 Å². The Labute approximate surface area is 115 Å². The standard InChI is InChI=1S/C13H25ClN4/c1-6-18-12(10(14)8-16-18)11(17-15)7-9(2)13(3,4)5/h8-9,11,17H,6-7,15H2,1-5H3. The van der Waals surface area contributed by atoms with Gasteiger partial charge in [0.15, 0.2) is 0 Å². The van der Waals surface area contributed by atoms with Gasteiger partial charge in [-0.1, -0.05) is 39.3 Å². The zero-order valence-electron chi connectivity index (χ0n) is 12.0. The molecule has 1 heterocycles. The average molecular weight is 273 g/mol. The molecule has 4 nitrogen and oxygen atoms in total. The van der Waals surface area contributed by atoms with Crippen LogP contribution < -0.4 is 11.3 Å². The maximum Gasteiger partial charge on any atom is 0.0834 e. The second-order valence-electron chi connectivity index (χ2n) is 5.92. The van der Waals surface area contributed by atoms with E-state index >= 15 is 0 Å². The summed E-state index contributed by atoms with van der Waals surface area (Å²) in [5.74, 6) is 6.22. The molecule has 0 saturated heterocycles. The summed E-state index contributed by atoms with van der Waals surface area (Å²) in [6, 6.07) is 0.0363. The summed E-state index contributed by atoms with van der Waals surface area (Å²) in [6.45, 7) is 11.8. The highest BCUT2D eigenvalue weighted by atomic mass is 35.5. The Morgan fingerprint density at radius 3 is 2.56 bits per heavy atom. The van der Waals surface area contributed by atoms with Crippen LogP contribution in [0.5, 0.6) is 0 Å². The second kappa shape index (κ2) is 6.04. The van der Waals surface area contributed by atoms with Gasteiger partial charge in [0.05, 0.1) is 23.0 Å². The molecule has 2 atom stereocenters. The molecule has 3 N–H and O–H groups in total. The van der Waals surface area contributed by atoms with Gasteiger partial charge in [-0.3, -0.25) is 16.0 Å². The van der Waals surface area contributed by atoms with Crippen molar-refractivity contribution in [1.29, 1.82) is 0 Å². The molecule has 0 saturated carbocycles. The maximum atomic E-state index is 6.22. The molecule has 0 aromatic carbocycles. The number of hydrogen-bond donors (Lipinski definition) is 2. The number of aryl methyl sites for hydroxylation is 1. The molecular formula is C13H25ClN4. The Bertz CT molecular complexity index is 381. The zero-order chi connectivity index (χ0) is 13.9. The molecule has 0 fully saturated rings. The molecule has 0 amide bonds. The van der Waals surface area contributed by atoms with E-state index in [-0.39, 0.29) is 11.5 Å². The van der Waals surface area contributed by atoms with E-state index < -0.39 is 0 Å². The summed E-state index contributed by atoms with van der Waals surface area (Å²) in [5.41, 5.74) is 4.11. The van der Waals surface area contributed by atoms with Crippen LogP contribution >= 0.6 is 11.6 Å². The highest BCUT2D eigenvalue weighted by Crippen LogP contribution is 2.34. The molecule has 5 heteroatoms. The minimum absolute atomic E-state index is 0.0363. The molecule has 18 heavy (non-hydrogen) atoms. The Morgan fingerprint density at radius 2 is 2.11 bits per heavy atom. The van der Waals surface area contributed by atoms with E-state index in [1.807, 2.05) is 11.6 Å². The topological polar surface area (TPSA) is 55.9 Å². The first-order valence-corrected chi connectivity index (χ1v) is 6.86. The van der Waals surface area contributed by atoms with Crippen LogP contribution in [0.3, 0.4) is 0 Å². The van der Waals surface area contributed by atoms with Crippen LogP contribution in [0, 0.1) is 11.3 Å². The predicted octanol–water partition coefficient (Wildman–Crippen LogP) is 3.13. The number of hydrogen-bond acceptors (Lipinski definition) is 3. The second-order valence-corrected chi connectivity index (χ2v) is 6.32. The van der Waals surface area contributed by atoms with E-state index in [1.165, 1.54) is 0 Å². The number of nitrogens with one attached hydrogen (secondary N) is 1. The average Bonchev–Trinajstić information content (AvgIpc) is 2.65. The molecule has 0 aliphatic heterocycles. The van der Waals surface area contributed by atoms with Crippen molar-refractivity contribution in [3.8, 4) is 0 Å². The van der Waals surface area contributed by atoms with Crippen LogP contribution in [0.25, 0.3) is 0 Å². The van der Waals surface area contributed by atoms with Crippen molar-refractivity contribution in [3.05, 3.63) is 16.9 Å². The highest BCUT2D eigenvalue weighted by Gasteiger charge is 2.27. The molecule has 1 rings (SSSR count). The molecule has 1 aromatic heterocycles. The highest BCUT2D eigenvalue weighted by molar-refractivity contribution is 6.31. The van der Waals surface area contributed by atoms with E-state index in [1.54, 1.807) is 6.20 Å². The van der Waals surface area contributed by atoms with E-state index in [0.717, 1.165) is 18.7 Å². The largest absolute Gasteiger partial charge is 0.271 e. The molecular weight excluding hydrogens is 248 g/mol. The molecule has 0 bridgehead atoms. The van der Waals surface area contributed by atoms with Gasteiger partial charge in [-0.25, -0.2) is 0 Å². The Kier molecular flexibility index (Phi) is 5.20.